The number of carbonyl (C=O) groups is 1. The van der Waals surface area contributed by atoms with Crippen molar-refractivity contribution in [3.8, 4) is 11.5 Å². The number of nitrogens with zero attached hydrogens (tertiary/aromatic N) is 2. The third-order valence-corrected chi connectivity index (χ3v) is 5.29. The number of ether oxygens (including phenoxy) is 4. The fraction of sp³-hybridized carbons (Fsp3) is 0.429. The number of rotatable bonds is 5. The summed E-state index contributed by atoms with van der Waals surface area (Å²) in [7, 11) is 3.18. The predicted molar refractivity (Wildman–Crippen MR) is 107 cm³/mol. The first-order valence-electron chi connectivity index (χ1n) is 9.65. The van der Waals surface area contributed by atoms with E-state index in [1.165, 1.54) is 0 Å². The number of amides is 1. The van der Waals surface area contributed by atoms with Gasteiger partial charge in [0.25, 0.3) is 5.91 Å². The number of nitrogens with one attached hydrogen (secondary N) is 1. The molecule has 0 unspecified atom stereocenters. The third kappa shape index (κ3) is 4.13. The molecule has 0 atom stereocenters. The molecule has 2 aromatic rings. The Labute approximate surface area is 169 Å². The van der Waals surface area contributed by atoms with Crippen LogP contribution in [-0.4, -0.2) is 62.1 Å². The highest BCUT2D eigenvalue weighted by atomic mass is 16.7. The van der Waals surface area contributed by atoms with Crippen LogP contribution in [0, 0.1) is 0 Å². The molecule has 1 aromatic heterocycles. The smallest absolute Gasteiger partial charge is 0.254 e. The fourth-order valence-electron chi connectivity index (χ4n) is 3.71. The van der Waals surface area contributed by atoms with Crippen LogP contribution in [-0.2, 0) is 9.47 Å². The number of hydrogen-bond donors (Lipinski definition) is 1. The fourth-order valence-corrected chi connectivity index (χ4v) is 3.71. The maximum absolute atomic E-state index is 12.9. The molecule has 0 saturated carbocycles. The number of pyridine rings is 1. The Morgan fingerprint density at radius 2 is 1.79 bits per heavy atom. The van der Waals surface area contributed by atoms with E-state index in [0.29, 0.717) is 62.0 Å². The SMILES string of the molecule is COc1ccc(Nc2cc(C(=O)N3CCC4(CC3)OCCO4)ccn2)cc1OC. The van der Waals surface area contributed by atoms with Crippen LogP contribution in [0.2, 0.25) is 0 Å². The summed E-state index contributed by atoms with van der Waals surface area (Å²) in [4.78, 5) is 19.1. The molecule has 8 nitrogen and oxygen atoms in total. The number of methoxy groups -OCH3 is 2. The molecule has 3 heterocycles. The van der Waals surface area contributed by atoms with Crippen LogP contribution in [0.4, 0.5) is 11.5 Å². The summed E-state index contributed by atoms with van der Waals surface area (Å²) >= 11 is 0. The standard InChI is InChI=1S/C21H25N3O5/c1-26-17-4-3-16(14-18(17)27-2)23-19-13-15(5-8-22-19)20(25)24-9-6-21(7-10-24)28-11-12-29-21/h3-5,8,13-14H,6-7,9-12H2,1-2H3,(H,22,23). The van der Waals surface area contributed by atoms with Gasteiger partial charge in [-0.25, -0.2) is 4.98 Å². The first-order valence-corrected chi connectivity index (χ1v) is 9.65. The summed E-state index contributed by atoms with van der Waals surface area (Å²) in [5, 5.41) is 3.21. The first-order chi connectivity index (χ1) is 14.1. The molecular weight excluding hydrogens is 374 g/mol. The van der Waals surface area contributed by atoms with Crippen LogP contribution in [0.25, 0.3) is 0 Å². The molecule has 1 spiro atoms. The van der Waals surface area contributed by atoms with E-state index in [2.05, 4.69) is 10.3 Å². The molecule has 2 fully saturated rings. The number of carbonyl (C=O) groups excluding carboxylic acids is 1. The summed E-state index contributed by atoms with van der Waals surface area (Å²) < 4.78 is 22.1. The Balaban J connectivity index is 1.44. The monoisotopic (exact) mass is 399 g/mol. The van der Waals surface area contributed by atoms with Crippen LogP contribution < -0.4 is 14.8 Å². The molecule has 2 aliphatic heterocycles. The molecule has 154 valence electrons. The molecule has 2 aliphatic rings. The van der Waals surface area contributed by atoms with Crippen LogP contribution >= 0.6 is 0 Å². The molecular formula is C21H25N3O5. The van der Waals surface area contributed by atoms with E-state index in [1.807, 2.05) is 23.1 Å². The van der Waals surface area contributed by atoms with Crippen molar-refractivity contribution in [2.45, 2.75) is 18.6 Å². The molecule has 0 bridgehead atoms. The second-order valence-corrected chi connectivity index (χ2v) is 7.02. The highest BCUT2D eigenvalue weighted by molar-refractivity contribution is 5.95. The molecule has 1 N–H and O–H groups in total. The lowest BCUT2D eigenvalue weighted by molar-refractivity contribution is -0.181. The number of anilines is 2. The van der Waals surface area contributed by atoms with E-state index < -0.39 is 5.79 Å². The Morgan fingerprint density at radius 1 is 1.07 bits per heavy atom. The van der Waals surface area contributed by atoms with Gasteiger partial charge in [-0.1, -0.05) is 0 Å². The average Bonchev–Trinajstić information content (AvgIpc) is 3.21. The van der Waals surface area contributed by atoms with E-state index >= 15 is 0 Å². The van der Waals surface area contributed by atoms with Gasteiger partial charge in [0.2, 0.25) is 0 Å². The van der Waals surface area contributed by atoms with Crippen molar-refractivity contribution in [1.82, 2.24) is 9.88 Å². The summed E-state index contributed by atoms with van der Waals surface area (Å²) in [6.07, 6.45) is 3.02. The third-order valence-electron chi connectivity index (χ3n) is 5.29. The largest absolute Gasteiger partial charge is 0.493 e. The highest BCUT2D eigenvalue weighted by Crippen LogP contribution is 2.33. The van der Waals surface area contributed by atoms with Gasteiger partial charge in [0.05, 0.1) is 27.4 Å². The topological polar surface area (TPSA) is 82.2 Å². The lowest BCUT2D eigenvalue weighted by Gasteiger charge is -2.37. The summed E-state index contributed by atoms with van der Waals surface area (Å²) in [5.74, 6) is 1.33. The number of likely N-dealkylation sites (tertiary alicyclic amines) is 1. The second kappa shape index (κ2) is 8.26. The average molecular weight is 399 g/mol. The predicted octanol–water partition coefficient (Wildman–Crippen LogP) is 2.82. The van der Waals surface area contributed by atoms with Crippen LogP contribution in [0.1, 0.15) is 23.2 Å². The number of hydrogen-bond acceptors (Lipinski definition) is 7. The van der Waals surface area contributed by atoms with E-state index in [4.69, 9.17) is 18.9 Å². The van der Waals surface area contributed by atoms with Gasteiger partial charge in [0.15, 0.2) is 17.3 Å². The van der Waals surface area contributed by atoms with Gasteiger partial charge in [-0.05, 0) is 24.3 Å². The molecule has 1 aromatic carbocycles. The molecule has 8 heteroatoms. The van der Waals surface area contributed by atoms with Gasteiger partial charge in [-0.15, -0.1) is 0 Å². The van der Waals surface area contributed by atoms with Crippen molar-refractivity contribution in [3.05, 3.63) is 42.1 Å². The van der Waals surface area contributed by atoms with Gasteiger partial charge >= 0.3 is 0 Å². The maximum atomic E-state index is 12.9. The van der Waals surface area contributed by atoms with Crippen LogP contribution in [0.3, 0.4) is 0 Å². The molecule has 2 saturated heterocycles. The van der Waals surface area contributed by atoms with Crippen molar-refractivity contribution < 1.29 is 23.7 Å². The Morgan fingerprint density at radius 3 is 2.48 bits per heavy atom. The lowest BCUT2D eigenvalue weighted by Crippen LogP contribution is -2.47. The maximum Gasteiger partial charge on any atom is 0.254 e. The van der Waals surface area contributed by atoms with E-state index in [1.54, 1.807) is 32.5 Å². The minimum absolute atomic E-state index is 0.0180. The minimum atomic E-state index is -0.491. The molecule has 29 heavy (non-hydrogen) atoms. The normalized spacial score (nSPS) is 17.9. The lowest BCUT2D eigenvalue weighted by atomic mass is 10.0. The van der Waals surface area contributed by atoms with Crippen LogP contribution in [0.5, 0.6) is 11.5 Å². The number of aromatic nitrogens is 1. The summed E-state index contributed by atoms with van der Waals surface area (Å²) in [6.45, 7) is 2.48. The van der Waals surface area contributed by atoms with Crippen molar-refractivity contribution in [3.63, 3.8) is 0 Å². The number of piperidine rings is 1. The molecule has 4 rings (SSSR count). The van der Waals surface area contributed by atoms with Crippen molar-refractivity contribution in [2.75, 3.05) is 45.8 Å². The van der Waals surface area contributed by atoms with Gasteiger partial charge in [-0.2, -0.15) is 0 Å². The molecule has 1 amide bonds. The van der Waals surface area contributed by atoms with Gasteiger partial charge in [0, 0.05) is 49.4 Å². The highest BCUT2D eigenvalue weighted by Gasteiger charge is 2.40. The van der Waals surface area contributed by atoms with Crippen molar-refractivity contribution in [2.24, 2.45) is 0 Å². The zero-order valence-corrected chi connectivity index (χ0v) is 16.6. The van der Waals surface area contributed by atoms with Gasteiger partial charge < -0.3 is 29.2 Å². The van der Waals surface area contributed by atoms with E-state index in [-0.39, 0.29) is 5.91 Å². The quantitative estimate of drug-likeness (QED) is 0.828. The minimum Gasteiger partial charge on any atom is -0.493 e. The molecule has 0 aliphatic carbocycles. The van der Waals surface area contributed by atoms with Gasteiger partial charge in [-0.3, -0.25) is 4.79 Å². The number of benzene rings is 1. The summed E-state index contributed by atoms with van der Waals surface area (Å²) in [6, 6.07) is 8.98. The zero-order valence-electron chi connectivity index (χ0n) is 16.6. The summed E-state index contributed by atoms with van der Waals surface area (Å²) in [5.41, 5.74) is 1.38. The van der Waals surface area contributed by atoms with Gasteiger partial charge in [0.1, 0.15) is 5.82 Å². The second-order valence-electron chi connectivity index (χ2n) is 7.02. The molecule has 0 radical (unpaired) electrons. The van der Waals surface area contributed by atoms with E-state index in [0.717, 1.165) is 5.69 Å². The van der Waals surface area contributed by atoms with Crippen LogP contribution in [0.15, 0.2) is 36.5 Å². The van der Waals surface area contributed by atoms with Crippen molar-refractivity contribution in [1.29, 1.82) is 0 Å². The van der Waals surface area contributed by atoms with E-state index in [9.17, 15) is 4.79 Å². The Hall–Kier alpha value is -2.84. The zero-order chi connectivity index (χ0) is 20.3. The Bertz CT molecular complexity index is 872. The Kier molecular flexibility index (Phi) is 5.55. The van der Waals surface area contributed by atoms with Crippen molar-refractivity contribution >= 4 is 17.4 Å². The first kappa shape index (κ1) is 19.5.